The lowest BCUT2D eigenvalue weighted by atomic mass is 9.77. The molecular formula is C18H23NS. The van der Waals surface area contributed by atoms with Crippen molar-refractivity contribution in [1.82, 2.24) is 0 Å². The summed E-state index contributed by atoms with van der Waals surface area (Å²) in [6.07, 6.45) is 11.3. The van der Waals surface area contributed by atoms with Gasteiger partial charge in [0.2, 0.25) is 0 Å². The van der Waals surface area contributed by atoms with Crippen LogP contribution in [0.1, 0.15) is 56.4 Å². The maximum Gasteiger partial charge on any atom is 0.0739 e. The zero-order valence-corrected chi connectivity index (χ0v) is 12.9. The molecule has 0 amide bonds. The van der Waals surface area contributed by atoms with E-state index in [4.69, 9.17) is 0 Å². The molecule has 2 heteroatoms. The zero-order valence-electron chi connectivity index (χ0n) is 12.1. The molecule has 1 fully saturated rings. The van der Waals surface area contributed by atoms with E-state index in [1.807, 2.05) is 18.2 Å². The van der Waals surface area contributed by atoms with Crippen LogP contribution in [-0.4, -0.2) is 5.16 Å². The summed E-state index contributed by atoms with van der Waals surface area (Å²) in [4.78, 5) is 4.00. The van der Waals surface area contributed by atoms with Crippen molar-refractivity contribution < 1.29 is 0 Å². The summed E-state index contributed by atoms with van der Waals surface area (Å²) in [5.74, 6) is 1.67. The molecule has 0 unspecified atom stereocenters. The van der Waals surface area contributed by atoms with E-state index in [1.54, 1.807) is 0 Å². The molecule has 106 valence electrons. The van der Waals surface area contributed by atoms with E-state index in [9.17, 15) is 0 Å². The Balaban J connectivity index is 1.83. The molecule has 1 aromatic carbocycles. The molecule has 0 spiro atoms. The fourth-order valence-electron chi connectivity index (χ4n) is 3.21. The number of thiocarbonyl (C=S) groups is 1. The fraction of sp³-hybridized carbons (Fsp3) is 0.500. The Morgan fingerprint density at radius 1 is 1.20 bits per heavy atom. The van der Waals surface area contributed by atoms with Crippen molar-refractivity contribution in [3.8, 4) is 0 Å². The summed E-state index contributed by atoms with van der Waals surface area (Å²) in [5, 5.41) is 2.41. The van der Waals surface area contributed by atoms with E-state index in [1.165, 1.54) is 50.5 Å². The predicted octanol–water partition coefficient (Wildman–Crippen LogP) is 6.05. The van der Waals surface area contributed by atoms with Gasteiger partial charge < -0.3 is 0 Å². The quantitative estimate of drug-likeness (QED) is 0.268. The average molecular weight is 285 g/mol. The highest BCUT2D eigenvalue weighted by atomic mass is 32.1. The van der Waals surface area contributed by atoms with Gasteiger partial charge in [-0.1, -0.05) is 24.6 Å². The molecule has 0 heterocycles. The van der Waals surface area contributed by atoms with Gasteiger partial charge in [0.1, 0.15) is 0 Å². The normalized spacial score (nSPS) is 22.0. The molecule has 1 aliphatic rings. The number of allylic oxidation sites excluding steroid dienone is 1. The standard InChI is InChI=1S/C18H23NS/c1-2-3-4-5-15-6-8-16(9-7-15)17-10-12-18(13-11-17)19-14-20/h2,10-13,15-16H,1,3-9H2. The number of benzene rings is 1. The number of nitrogens with zero attached hydrogens (tertiary/aromatic N) is 1. The first-order valence-corrected chi connectivity index (χ1v) is 8.03. The number of isothiocyanates is 1. The Labute approximate surface area is 127 Å². The molecule has 0 aromatic heterocycles. The lowest BCUT2D eigenvalue weighted by Gasteiger charge is -2.28. The van der Waals surface area contributed by atoms with Crippen LogP contribution in [0.5, 0.6) is 0 Å². The van der Waals surface area contributed by atoms with E-state index in [0.29, 0.717) is 0 Å². The van der Waals surface area contributed by atoms with Crippen LogP contribution < -0.4 is 0 Å². The van der Waals surface area contributed by atoms with Gasteiger partial charge in [-0.2, -0.15) is 4.99 Å². The zero-order chi connectivity index (χ0) is 14.2. The van der Waals surface area contributed by atoms with Gasteiger partial charge in [-0.3, -0.25) is 0 Å². The summed E-state index contributed by atoms with van der Waals surface area (Å²) >= 11 is 4.63. The van der Waals surface area contributed by atoms with Crippen molar-refractivity contribution in [2.45, 2.75) is 50.9 Å². The molecule has 1 nitrogen and oxygen atoms in total. The Kier molecular flexibility index (Phi) is 6.17. The van der Waals surface area contributed by atoms with E-state index in [0.717, 1.165) is 17.5 Å². The fourth-order valence-corrected chi connectivity index (χ4v) is 3.31. The van der Waals surface area contributed by atoms with E-state index >= 15 is 0 Å². The minimum absolute atomic E-state index is 0.733. The molecule has 0 N–H and O–H groups in total. The van der Waals surface area contributed by atoms with Crippen LogP contribution >= 0.6 is 12.2 Å². The first kappa shape index (κ1) is 15.2. The van der Waals surface area contributed by atoms with E-state index in [2.05, 4.69) is 41.1 Å². The van der Waals surface area contributed by atoms with Crippen molar-refractivity contribution in [1.29, 1.82) is 0 Å². The Morgan fingerprint density at radius 2 is 1.90 bits per heavy atom. The van der Waals surface area contributed by atoms with Crippen molar-refractivity contribution in [3.05, 3.63) is 42.5 Å². The third kappa shape index (κ3) is 4.40. The molecule has 2 rings (SSSR count). The number of rotatable bonds is 6. The van der Waals surface area contributed by atoms with Gasteiger partial charge in [-0.15, -0.1) is 6.58 Å². The highest BCUT2D eigenvalue weighted by molar-refractivity contribution is 7.78. The van der Waals surface area contributed by atoms with Crippen molar-refractivity contribution in [2.24, 2.45) is 10.9 Å². The number of unbranched alkanes of at least 4 members (excludes halogenated alkanes) is 1. The first-order chi connectivity index (χ1) is 9.83. The second kappa shape index (κ2) is 8.14. The number of hydrogen-bond acceptors (Lipinski definition) is 2. The summed E-state index contributed by atoms with van der Waals surface area (Å²) in [7, 11) is 0. The second-order valence-corrected chi connectivity index (χ2v) is 5.91. The first-order valence-electron chi connectivity index (χ1n) is 7.62. The summed E-state index contributed by atoms with van der Waals surface area (Å²) in [5.41, 5.74) is 2.36. The van der Waals surface area contributed by atoms with Crippen LogP contribution in [0.4, 0.5) is 5.69 Å². The molecule has 0 aliphatic heterocycles. The number of hydrogen-bond donors (Lipinski definition) is 0. The van der Waals surface area contributed by atoms with Crippen LogP contribution in [0.2, 0.25) is 0 Å². The summed E-state index contributed by atoms with van der Waals surface area (Å²) in [6, 6.07) is 8.50. The van der Waals surface area contributed by atoms with Crippen LogP contribution in [0.15, 0.2) is 41.9 Å². The highest BCUT2D eigenvalue weighted by Crippen LogP contribution is 2.38. The van der Waals surface area contributed by atoms with Crippen LogP contribution in [-0.2, 0) is 0 Å². The Hall–Kier alpha value is -1.24. The second-order valence-electron chi connectivity index (χ2n) is 5.73. The summed E-state index contributed by atoms with van der Waals surface area (Å²) < 4.78 is 0. The van der Waals surface area contributed by atoms with Crippen LogP contribution in [0, 0.1) is 5.92 Å². The molecule has 1 saturated carbocycles. The van der Waals surface area contributed by atoms with Crippen LogP contribution in [0.25, 0.3) is 0 Å². The van der Waals surface area contributed by atoms with Gasteiger partial charge in [-0.25, -0.2) is 0 Å². The molecule has 20 heavy (non-hydrogen) atoms. The minimum Gasteiger partial charge on any atom is -0.195 e. The van der Waals surface area contributed by atoms with E-state index in [-0.39, 0.29) is 0 Å². The molecule has 0 saturated heterocycles. The largest absolute Gasteiger partial charge is 0.195 e. The van der Waals surface area contributed by atoms with E-state index < -0.39 is 0 Å². The molecule has 0 atom stereocenters. The Morgan fingerprint density at radius 3 is 2.50 bits per heavy atom. The molecule has 1 aromatic rings. The SMILES string of the molecule is C=CCCCC1CCC(c2ccc(N=C=S)cc2)CC1. The van der Waals surface area contributed by atoms with Crippen molar-refractivity contribution in [3.63, 3.8) is 0 Å². The van der Waals surface area contributed by atoms with Gasteiger partial charge in [0.25, 0.3) is 0 Å². The van der Waals surface area contributed by atoms with Crippen molar-refractivity contribution in [2.75, 3.05) is 0 Å². The van der Waals surface area contributed by atoms with Gasteiger partial charge in [0, 0.05) is 0 Å². The minimum atomic E-state index is 0.733. The lowest BCUT2D eigenvalue weighted by molar-refractivity contribution is 0.306. The van der Waals surface area contributed by atoms with Crippen LogP contribution in [0.3, 0.4) is 0 Å². The molecular weight excluding hydrogens is 262 g/mol. The third-order valence-electron chi connectivity index (χ3n) is 4.41. The molecule has 1 aliphatic carbocycles. The molecule has 0 bridgehead atoms. The average Bonchev–Trinajstić information content (AvgIpc) is 2.49. The monoisotopic (exact) mass is 285 g/mol. The molecule has 0 radical (unpaired) electrons. The van der Waals surface area contributed by atoms with Gasteiger partial charge in [0.15, 0.2) is 0 Å². The maximum atomic E-state index is 4.63. The van der Waals surface area contributed by atoms with Gasteiger partial charge in [-0.05, 0) is 80.3 Å². The van der Waals surface area contributed by atoms with Gasteiger partial charge >= 0.3 is 0 Å². The Bertz CT molecular complexity index is 463. The summed E-state index contributed by atoms with van der Waals surface area (Å²) in [6.45, 7) is 3.80. The topological polar surface area (TPSA) is 12.4 Å². The predicted molar refractivity (Wildman–Crippen MR) is 89.9 cm³/mol. The van der Waals surface area contributed by atoms with Crippen molar-refractivity contribution >= 4 is 23.1 Å². The smallest absolute Gasteiger partial charge is 0.0739 e. The third-order valence-corrected chi connectivity index (χ3v) is 4.50. The highest BCUT2D eigenvalue weighted by Gasteiger charge is 2.21. The van der Waals surface area contributed by atoms with Gasteiger partial charge in [0.05, 0.1) is 10.8 Å². The number of aliphatic imine (C=N–C) groups is 1. The lowest BCUT2D eigenvalue weighted by Crippen LogP contribution is -2.13. The maximum absolute atomic E-state index is 4.63.